The number of allylic oxidation sites excluding steroid dienone is 2. The number of hydrogen-bond acceptors (Lipinski definition) is 3. The van der Waals surface area contributed by atoms with Crippen LogP contribution in [0.4, 0.5) is 0 Å². The number of carboxylic acids is 1. The number of aliphatic carboxylic acids is 1. The van der Waals surface area contributed by atoms with Crippen molar-refractivity contribution in [1.29, 1.82) is 0 Å². The Kier molecular flexibility index (Phi) is 2.37. The van der Waals surface area contributed by atoms with Gasteiger partial charge < -0.3 is 14.6 Å². The molecule has 4 heteroatoms. The third-order valence-electron chi connectivity index (χ3n) is 3.35. The first-order chi connectivity index (χ1) is 8.72. The third-order valence-corrected chi connectivity index (χ3v) is 3.35. The highest BCUT2D eigenvalue weighted by Crippen LogP contribution is 2.40. The van der Waals surface area contributed by atoms with Crippen LogP contribution in [-0.2, 0) is 19.7 Å². The maximum absolute atomic E-state index is 11.7. The minimum absolute atomic E-state index is 0.166. The van der Waals surface area contributed by atoms with Crippen LogP contribution in [-0.4, -0.2) is 17.9 Å². The first kappa shape index (κ1) is 10.9. The first-order valence-corrected chi connectivity index (χ1v) is 5.69. The van der Waals surface area contributed by atoms with E-state index in [9.17, 15) is 9.90 Å². The van der Waals surface area contributed by atoms with Crippen molar-refractivity contribution < 1.29 is 19.4 Å². The smallest absolute Gasteiger partial charge is 0.318 e. The molecule has 1 unspecified atom stereocenters. The topological polar surface area (TPSA) is 55.8 Å². The summed E-state index contributed by atoms with van der Waals surface area (Å²) in [6.07, 6.45) is 3.66. The van der Waals surface area contributed by atoms with Crippen LogP contribution in [0.15, 0.2) is 54.0 Å². The van der Waals surface area contributed by atoms with Crippen LogP contribution in [0.2, 0.25) is 0 Å². The van der Waals surface area contributed by atoms with Crippen LogP contribution >= 0.6 is 0 Å². The van der Waals surface area contributed by atoms with Gasteiger partial charge in [0.2, 0.25) is 6.79 Å². The zero-order valence-electron chi connectivity index (χ0n) is 9.63. The van der Waals surface area contributed by atoms with Crippen LogP contribution in [0.3, 0.4) is 0 Å². The third kappa shape index (κ3) is 1.49. The molecule has 4 nitrogen and oxygen atoms in total. The van der Waals surface area contributed by atoms with Gasteiger partial charge >= 0.3 is 5.97 Å². The van der Waals surface area contributed by atoms with Crippen molar-refractivity contribution in [3.8, 4) is 0 Å². The summed E-state index contributed by atoms with van der Waals surface area (Å²) in [5, 5.41) is 9.59. The molecule has 1 atom stereocenters. The van der Waals surface area contributed by atoms with Gasteiger partial charge in [-0.3, -0.25) is 4.79 Å². The highest BCUT2D eigenvalue weighted by Gasteiger charge is 2.43. The lowest BCUT2D eigenvalue weighted by Gasteiger charge is -2.28. The van der Waals surface area contributed by atoms with E-state index in [1.54, 1.807) is 12.2 Å². The molecule has 2 aliphatic rings. The number of carboxylic acid groups (broad SMARTS) is 1. The van der Waals surface area contributed by atoms with Gasteiger partial charge in [0.1, 0.15) is 11.2 Å². The average Bonchev–Trinajstić information content (AvgIpc) is 2.86. The van der Waals surface area contributed by atoms with Gasteiger partial charge in [-0.2, -0.15) is 0 Å². The van der Waals surface area contributed by atoms with Crippen molar-refractivity contribution in [2.45, 2.75) is 11.8 Å². The fourth-order valence-electron chi connectivity index (χ4n) is 2.33. The van der Waals surface area contributed by atoms with E-state index in [2.05, 4.69) is 0 Å². The molecule has 0 fully saturated rings. The zero-order chi connectivity index (χ0) is 12.6. The Morgan fingerprint density at radius 3 is 2.72 bits per heavy atom. The second kappa shape index (κ2) is 3.91. The molecular formula is C14H12O4. The quantitative estimate of drug-likeness (QED) is 0.866. The van der Waals surface area contributed by atoms with E-state index in [-0.39, 0.29) is 13.2 Å². The molecule has 0 spiro atoms. The lowest BCUT2D eigenvalue weighted by molar-refractivity contribution is -0.142. The monoisotopic (exact) mass is 244 g/mol. The molecule has 3 rings (SSSR count). The summed E-state index contributed by atoms with van der Waals surface area (Å²) in [5.74, 6) is 0.374. The van der Waals surface area contributed by atoms with E-state index in [1.165, 1.54) is 0 Å². The summed E-state index contributed by atoms with van der Waals surface area (Å²) < 4.78 is 10.6. The molecular weight excluding hydrogens is 232 g/mol. The van der Waals surface area contributed by atoms with Gasteiger partial charge in [0.15, 0.2) is 5.76 Å². The molecule has 1 N–H and O–H groups in total. The average molecular weight is 244 g/mol. The minimum atomic E-state index is -1.06. The molecule has 1 aliphatic heterocycles. The standard InChI is InChI=1S/C14H12O4/c15-13(16)14(10-4-2-1-3-5-10)7-6-11-12(8-14)18-9-17-11/h1-7H,8-9H2,(H,15,16). The van der Waals surface area contributed by atoms with Gasteiger partial charge in [0.25, 0.3) is 0 Å². The molecule has 0 aromatic heterocycles. The van der Waals surface area contributed by atoms with Crippen LogP contribution < -0.4 is 0 Å². The second-order valence-corrected chi connectivity index (χ2v) is 4.35. The Labute approximate surface area is 104 Å². The van der Waals surface area contributed by atoms with Gasteiger partial charge in [-0.15, -0.1) is 0 Å². The predicted octanol–water partition coefficient (Wildman–Crippen LogP) is 2.18. The fourth-order valence-corrected chi connectivity index (χ4v) is 2.33. The Hall–Kier alpha value is -2.23. The molecule has 92 valence electrons. The maximum atomic E-state index is 11.7. The van der Waals surface area contributed by atoms with Gasteiger partial charge in [-0.1, -0.05) is 36.4 Å². The van der Waals surface area contributed by atoms with Crippen molar-refractivity contribution in [2.75, 3.05) is 6.79 Å². The van der Waals surface area contributed by atoms with Gasteiger partial charge in [-0.05, 0) is 11.6 Å². The Balaban J connectivity index is 2.06. The molecule has 1 aromatic carbocycles. The zero-order valence-corrected chi connectivity index (χ0v) is 9.63. The fraction of sp³-hybridized carbons (Fsp3) is 0.214. The molecule has 0 radical (unpaired) electrons. The SMILES string of the molecule is O=C(O)C1(c2ccccc2)C=CC2=C(C1)OCO2. The number of ether oxygens (including phenoxy) is 2. The first-order valence-electron chi connectivity index (χ1n) is 5.69. The van der Waals surface area contributed by atoms with Crippen LogP contribution in [0.25, 0.3) is 0 Å². The summed E-state index contributed by atoms with van der Waals surface area (Å²) in [6, 6.07) is 9.18. The van der Waals surface area contributed by atoms with Crippen LogP contribution in [0.5, 0.6) is 0 Å². The van der Waals surface area contributed by atoms with Crippen molar-refractivity contribution in [2.24, 2.45) is 0 Å². The van der Waals surface area contributed by atoms with Crippen LogP contribution in [0, 0.1) is 0 Å². The summed E-state index contributed by atoms with van der Waals surface area (Å²) in [7, 11) is 0. The molecule has 0 saturated heterocycles. The summed E-state index contributed by atoms with van der Waals surface area (Å²) in [4.78, 5) is 11.7. The van der Waals surface area contributed by atoms with Crippen LogP contribution in [0.1, 0.15) is 12.0 Å². The highest BCUT2D eigenvalue weighted by molar-refractivity contribution is 5.85. The maximum Gasteiger partial charge on any atom is 0.318 e. The van der Waals surface area contributed by atoms with Gasteiger partial charge in [-0.25, -0.2) is 0 Å². The summed E-state index contributed by atoms with van der Waals surface area (Å²) in [6.45, 7) is 0.166. The largest absolute Gasteiger partial charge is 0.480 e. The number of hydrogen-bond donors (Lipinski definition) is 1. The van der Waals surface area contributed by atoms with Crippen molar-refractivity contribution >= 4 is 5.97 Å². The van der Waals surface area contributed by atoms with E-state index < -0.39 is 11.4 Å². The van der Waals surface area contributed by atoms with E-state index in [1.807, 2.05) is 30.3 Å². The van der Waals surface area contributed by atoms with E-state index >= 15 is 0 Å². The molecule has 0 bridgehead atoms. The minimum Gasteiger partial charge on any atom is -0.480 e. The Bertz CT molecular complexity index is 544. The Morgan fingerprint density at radius 2 is 2.00 bits per heavy atom. The summed E-state index contributed by atoms with van der Waals surface area (Å²) in [5.41, 5.74) is -0.316. The molecule has 1 aromatic rings. The number of carbonyl (C=O) groups is 1. The molecule has 18 heavy (non-hydrogen) atoms. The van der Waals surface area contributed by atoms with Crippen molar-refractivity contribution in [1.82, 2.24) is 0 Å². The Morgan fingerprint density at radius 1 is 1.22 bits per heavy atom. The lowest BCUT2D eigenvalue weighted by Crippen LogP contribution is -2.35. The molecule has 0 amide bonds. The molecule has 0 saturated carbocycles. The molecule has 1 heterocycles. The predicted molar refractivity (Wildman–Crippen MR) is 63.6 cm³/mol. The van der Waals surface area contributed by atoms with Gasteiger partial charge in [0.05, 0.1) is 0 Å². The van der Waals surface area contributed by atoms with E-state index in [0.717, 1.165) is 5.56 Å². The van der Waals surface area contributed by atoms with Crippen molar-refractivity contribution in [3.63, 3.8) is 0 Å². The highest BCUT2D eigenvalue weighted by atomic mass is 16.7. The molecule has 1 aliphatic carbocycles. The number of rotatable bonds is 2. The number of benzene rings is 1. The van der Waals surface area contributed by atoms with E-state index in [4.69, 9.17) is 9.47 Å². The second-order valence-electron chi connectivity index (χ2n) is 4.35. The van der Waals surface area contributed by atoms with E-state index in [0.29, 0.717) is 11.5 Å². The van der Waals surface area contributed by atoms with Gasteiger partial charge in [0, 0.05) is 6.42 Å². The lowest BCUT2D eigenvalue weighted by atomic mass is 9.74. The summed E-state index contributed by atoms with van der Waals surface area (Å²) >= 11 is 0. The normalized spacial score (nSPS) is 25.3. The van der Waals surface area contributed by atoms with Crippen molar-refractivity contribution in [3.05, 3.63) is 59.6 Å².